The summed E-state index contributed by atoms with van der Waals surface area (Å²) in [4.78, 5) is 26.4. The first-order valence-electron chi connectivity index (χ1n) is 11.0. The van der Waals surface area contributed by atoms with Gasteiger partial charge >= 0.3 is 0 Å². The lowest BCUT2D eigenvalue weighted by molar-refractivity contribution is 0.101. The van der Waals surface area contributed by atoms with Crippen molar-refractivity contribution >= 4 is 28.3 Å². The molecule has 3 aromatic carbocycles. The number of fused-ring (bicyclic) bond motifs is 1. The highest BCUT2D eigenvalue weighted by Crippen LogP contribution is 2.33. The Bertz CT molecular complexity index is 1290. The van der Waals surface area contributed by atoms with E-state index in [4.69, 9.17) is 9.15 Å². The first kappa shape index (κ1) is 22.3. The van der Waals surface area contributed by atoms with E-state index in [0.29, 0.717) is 40.1 Å². The Labute approximate surface area is 193 Å². The first-order chi connectivity index (χ1) is 15.8. The van der Waals surface area contributed by atoms with E-state index in [2.05, 4.69) is 26.1 Å². The fourth-order valence-corrected chi connectivity index (χ4v) is 3.64. The molecule has 1 heterocycles. The molecular weight excluding hydrogens is 414 g/mol. The molecule has 1 amide bonds. The Balaban J connectivity index is 1.68. The van der Waals surface area contributed by atoms with Gasteiger partial charge in [-0.05, 0) is 66.4 Å². The summed E-state index contributed by atoms with van der Waals surface area (Å²) in [6.07, 6.45) is 0. The van der Waals surface area contributed by atoms with Crippen LogP contribution in [0.15, 0.2) is 77.2 Å². The number of carbonyl (C=O) groups excluding carboxylic acids is 2. The van der Waals surface area contributed by atoms with Crippen LogP contribution in [0.3, 0.4) is 0 Å². The van der Waals surface area contributed by atoms with E-state index in [-0.39, 0.29) is 22.9 Å². The van der Waals surface area contributed by atoms with Gasteiger partial charge in [-0.2, -0.15) is 0 Å². The summed E-state index contributed by atoms with van der Waals surface area (Å²) in [5, 5.41) is 3.58. The standard InChI is InChI=1S/C28H27NO4/c1-5-32-21-16-12-18(13-17-21)25(30)26-24(22-8-6-7-9-23(22)33-26)29-27(31)19-10-14-20(15-11-19)28(2,3)4/h6-17H,5H2,1-4H3,(H,29,31). The summed E-state index contributed by atoms with van der Waals surface area (Å²) >= 11 is 0. The third kappa shape index (κ3) is 4.67. The zero-order chi connectivity index (χ0) is 23.6. The van der Waals surface area contributed by atoms with Gasteiger partial charge in [0.15, 0.2) is 5.76 Å². The second kappa shape index (κ2) is 8.94. The van der Waals surface area contributed by atoms with Gasteiger partial charge in [-0.25, -0.2) is 0 Å². The Morgan fingerprint density at radius 3 is 2.15 bits per heavy atom. The van der Waals surface area contributed by atoms with E-state index in [1.165, 1.54) is 0 Å². The van der Waals surface area contributed by atoms with Gasteiger partial charge in [0, 0.05) is 16.5 Å². The zero-order valence-electron chi connectivity index (χ0n) is 19.3. The molecule has 4 aromatic rings. The lowest BCUT2D eigenvalue weighted by Crippen LogP contribution is -2.15. The van der Waals surface area contributed by atoms with Crippen LogP contribution in [0.25, 0.3) is 11.0 Å². The van der Waals surface area contributed by atoms with Crippen LogP contribution in [0.5, 0.6) is 5.75 Å². The minimum atomic E-state index is -0.312. The smallest absolute Gasteiger partial charge is 0.255 e. The molecular formula is C28H27NO4. The van der Waals surface area contributed by atoms with Gasteiger partial charge in [-0.3, -0.25) is 9.59 Å². The Morgan fingerprint density at radius 2 is 1.52 bits per heavy atom. The molecule has 5 nitrogen and oxygen atoms in total. The van der Waals surface area contributed by atoms with E-state index in [0.717, 1.165) is 5.56 Å². The number of para-hydroxylation sites is 1. The maximum absolute atomic E-state index is 13.3. The Hall–Kier alpha value is -3.86. The number of furan rings is 1. The number of rotatable bonds is 6. The second-order valence-corrected chi connectivity index (χ2v) is 8.87. The van der Waals surface area contributed by atoms with Gasteiger partial charge in [-0.1, -0.05) is 45.0 Å². The van der Waals surface area contributed by atoms with Crippen LogP contribution in [0, 0.1) is 0 Å². The number of amides is 1. The number of nitrogens with one attached hydrogen (secondary N) is 1. The van der Waals surface area contributed by atoms with Gasteiger partial charge in [0.05, 0.1) is 12.3 Å². The third-order valence-corrected chi connectivity index (χ3v) is 5.48. The third-order valence-electron chi connectivity index (χ3n) is 5.48. The lowest BCUT2D eigenvalue weighted by atomic mass is 9.86. The zero-order valence-corrected chi connectivity index (χ0v) is 19.3. The van der Waals surface area contributed by atoms with E-state index in [1.807, 2.05) is 37.3 Å². The number of hydrogen-bond acceptors (Lipinski definition) is 4. The molecule has 0 bridgehead atoms. The van der Waals surface area contributed by atoms with Crippen LogP contribution < -0.4 is 10.1 Å². The maximum atomic E-state index is 13.3. The average Bonchev–Trinajstić information content (AvgIpc) is 3.17. The first-order valence-corrected chi connectivity index (χ1v) is 11.0. The van der Waals surface area contributed by atoms with Gasteiger partial charge < -0.3 is 14.5 Å². The van der Waals surface area contributed by atoms with Crippen LogP contribution >= 0.6 is 0 Å². The molecule has 33 heavy (non-hydrogen) atoms. The SMILES string of the molecule is CCOc1ccc(C(=O)c2oc3ccccc3c2NC(=O)c2ccc(C(C)(C)C)cc2)cc1. The fraction of sp³-hybridized carbons (Fsp3) is 0.214. The van der Waals surface area contributed by atoms with Crippen molar-refractivity contribution in [1.82, 2.24) is 0 Å². The summed E-state index contributed by atoms with van der Waals surface area (Å²) in [7, 11) is 0. The molecule has 1 N–H and O–H groups in total. The molecule has 0 saturated heterocycles. The quantitative estimate of drug-likeness (QED) is 0.342. The minimum Gasteiger partial charge on any atom is -0.494 e. The van der Waals surface area contributed by atoms with Crippen molar-refractivity contribution in [3.63, 3.8) is 0 Å². The van der Waals surface area contributed by atoms with E-state index in [9.17, 15) is 9.59 Å². The van der Waals surface area contributed by atoms with Gasteiger partial charge in [-0.15, -0.1) is 0 Å². The predicted octanol–water partition coefficient (Wildman–Crippen LogP) is 6.61. The van der Waals surface area contributed by atoms with Crippen LogP contribution in [0.4, 0.5) is 5.69 Å². The highest BCUT2D eigenvalue weighted by Gasteiger charge is 2.24. The summed E-state index contributed by atoms with van der Waals surface area (Å²) in [5.74, 6) is 0.168. The average molecular weight is 442 g/mol. The second-order valence-electron chi connectivity index (χ2n) is 8.87. The number of anilines is 1. The topological polar surface area (TPSA) is 68.5 Å². The molecule has 0 saturated carbocycles. The Kier molecular flexibility index (Phi) is 6.05. The molecule has 0 atom stereocenters. The number of hydrogen-bond donors (Lipinski definition) is 1. The monoisotopic (exact) mass is 441 g/mol. The predicted molar refractivity (Wildman–Crippen MR) is 130 cm³/mol. The molecule has 4 rings (SSSR count). The molecule has 0 fully saturated rings. The number of ether oxygens (including phenoxy) is 1. The molecule has 5 heteroatoms. The van der Waals surface area contributed by atoms with Gasteiger partial charge in [0.1, 0.15) is 11.3 Å². The number of benzene rings is 3. The molecule has 0 aliphatic rings. The molecule has 0 unspecified atom stereocenters. The van der Waals surface area contributed by atoms with Crippen LogP contribution in [0.2, 0.25) is 0 Å². The van der Waals surface area contributed by atoms with Crippen LogP contribution in [-0.2, 0) is 5.41 Å². The van der Waals surface area contributed by atoms with Crippen molar-refractivity contribution in [1.29, 1.82) is 0 Å². The summed E-state index contributed by atoms with van der Waals surface area (Å²) in [5.41, 5.74) is 2.99. The lowest BCUT2D eigenvalue weighted by Gasteiger charge is -2.19. The molecule has 1 aromatic heterocycles. The normalized spacial score (nSPS) is 11.4. The van der Waals surface area contributed by atoms with Crippen molar-refractivity contribution in [2.45, 2.75) is 33.1 Å². The van der Waals surface area contributed by atoms with E-state index >= 15 is 0 Å². The van der Waals surface area contributed by atoms with Crippen LogP contribution in [0.1, 0.15) is 59.7 Å². The molecule has 168 valence electrons. The van der Waals surface area contributed by atoms with Gasteiger partial charge in [0.2, 0.25) is 5.78 Å². The molecule has 0 aliphatic heterocycles. The van der Waals surface area contributed by atoms with Crippen molar-refractivity contribution in [3.05, 3.63) is 95.2 Å². The summed E-state index contributed by atoms with van der Waals surface area (Å²) in [6, 6.07) is 21.6. The highest BCUT2D eigenvalue weighted by molar-refractivity contribution is 6.18. The van der Waals surface area contributed by atoms with Crippen molar-refractivity contribution in [2.75, 3.05) is 11.9 Å². The fourth-order valence-electron chi connectivity index (χ4n) is 3.64. The van der Waals surface area contributed by atoms with Crippen LogP contribution in [-0.4, -0.2) is 18.3 Å². The number of carbonyl (C=O) groups is 2. The summed E-state index contributed by atoms with van der Waals surface area (Å²) in [6.45, 7) is 8.82. The minimum absolute atomic E-state index is 0.00687. The highest BCUT2D eigenvalue weighted by atomic mass is 16.5. The molecule has 0 spiro atoms. The Morgan fingerprint density at radius 1 is 0.879 bits per heavy atom. The van der Waals surface area contributed by atoms with Crippen molar-refractivity contribution in [2.24, 2.45) is 0 Å². The number of ketones is 1. The summed E-state index contributed by atoms with van der Waals surface area (Å²) < 4.78 is 11.4. The van der Waals surface area contributed by atoms with Crippen molar-refractivity contribution < 1.29 is 18.7 Å². The van der Waals surface area contributed by atoms with Crippen molar-refractivity contribution in [3.8, 4) is 5.75 Å². The van der Waals surface area contributed by atoms with E-state index < -0.39 is 0 Å². The molecule has 0 radical (unpaired) electrons. The van der Waals surface area contributed by atoms with Gasteiger partial charge in [0.25, 0.3) is 5.91 Å². The maximum Gasteiger partial charge on any atom is 0.255 e. The molecule has 0 aliphatic carbocycles. The largest absolute Gasteiger partial charge is 0.494 e. The van der Waals surface area contributed by atoms with E-state index in [1.54, 1.807) is 42.5 Å².